The van der Waals surface area contributed by atoms with Gasteiger partial charge in [-0.25, -0.2) is 14.2 Å². The van der Waals surface area contributed by atoms with E-state index in [1.54, 1.807) is 20.8 Å². The number of halogens is 2. The second kappa shape index (κ2) is 9.41. The molecule has 1 fully saturated rings. The van der Waals surface area contributed by atoms with Crippen molar-refractivity contribution in [3.05, 3.63) is 28.5 Å². The smallest absolute Gasteiger partial charge is 0.407 e. The van der Waals surface area contributed by atoms with Crippen molar-refractivity contribution >= 4 is 45.1 Å². The van der Waals surface area contributed by atoms with Crippen molar-refractivity contribution in [2.75, 3.05) is 13.1 Å². The minimum atomic E-state index is -0.577. The lowest BCUT2D eigenvalue weighted by Gasteiger charge is -2.21. The van der Waals surface area contributed by atoms with Crippen molar-refractivity contribution in [2.45, 2.75) is 39.2 Å². The van der Waals surface area contributed by atoms with Gasteiger partial charge in [0.05, 0.1) is 10.2 Å². The Kier molecular flexibility index (Phi) is 7.40. The van der Waals surface area contributed by atoms with E-state index in [0.29, 0.717) is 18.8 Å². The number of benzene rings is 1. The van der Waals surface area contributed by atoms with Crippen molar-refractivity contribution in [1.29, 1.82) is 0 Å². The van der Waals surface area contributed by atoms with Crippen LogP contribution in [-0.2, 0) is 4.74 Å². The van der Waals surface area contributed by atoms with Gasteiger partial charge < -0.3 is 26.7 Å². The minimum Gasteiger partial charge on any atom is -0.444 e. The summed E-state index contributed by atoms with van der Waals surface area (Å²) in [7, 11) is 0. The van der Waals surface area contributed by atoms with E-state index in [1.165, 1.54) is 18.2 Å². The molecule has 30 heavy (non-hydrogen) atoms. The van der Waals surface area contributed by atoms with Crippen LogP contribution in [0, 0.1) is 11.2 Å². The van der Waals surface area contributed by atoms with Gasteiger partial charge in [0.1, 0.15) is 11.4 Å². The lowest BCUT2D eigenvalue weighted by Crippen LogP contribution is -2.38. The zero-order valence-corrected chi connectivity index (χ0v) is 18.7. The van der Waals surface area contributed by atoms with Gasteiger partial charge in [0, 0.05) is 18.5 Å². The van der Waals surface area contributed by atoms with Crippen LogP contribution < -0.4 is 16.8 Å². The van der Waals surface area contributed by atoms with Gasteiger partial charge in [0.15, 0.2) is 17.4 Å². The molecule has 1 saturated carbocycles. The van der Waals surface area contributed by atoms with E-state index in [4.69, 9.17) is 16.2 Å². The number of ether oxygens (including phenoxy) is 1. The number of nitrogens with two attached hydrogens (primary N) is 2. The van der Waals surface area contributed by atoms with Crippen LogP contribution in [0.3, 0.4) is 0 Å². The zero-order valence-electron chi connectivity index (χ0n) is 17.1. The standard InChI is InChI=1S/C19H26BrFN6O3/c1-18(2,3)30-17(28)25-10-19(6-7-19)9-24-15(22)14(27-29)16(23)26-11-4-5-13(21)12(20)8-11/h4-5,8,29H,6-7,9-10H2,1-3H3,(H2,22,24)(H2,23,26)(H,25,28)/b27-14+. The van der Waals surface area contributed by atoms with Crippen LogP contribution in [0.5, 0.6) is 0 Å². The molecule has 0 aromatic heterocycles. The Labute approximate surface area is 182 Å². The summed E-state index contributed by atoms with van der Waals surface area (Å²) < 4.78 is 18.8. The molecule has 0 bridgehead atoms. The van der Waals surface area contributed by atoms with Gasteiger partial charge in [-0.15, -0.1) is 0 Å². The van der Waals surface area contributed by atoms with Crippen LogP contribution in [0.4, 0.5) is 14.9 Å². The van der Waals surface area contributed by atoms with Crippen molar-refractivity contribution in [1.82, 2.24) is 5.32 Å². The number of oxime groups is 1. The summed E-state index contributed by atoms with van der Waals surface area (Å²) in [6.07, 6.45) is 1.22. The van der Waals surface area contributed by atoms with Gasteiger partial charge >= 0.3 is 6.09 Å². The molecule has 1 aliphatic carbocycles. The maximum absolute atomic E-state index is 13.3. The predicted octanol–water partition coefficient (Wildman–Crippen LogP) is 3.07. The van der Waals surface area contributed by atoms with Crippen molar-refractivity contribution in [2.24, 2.45) is 32.0 Å². The number of carbonyl (C=O) groups excluding carboxylic acids is 1. The normalized spacial score (nSPS) is 16.9. The number of carbonyl (C=O) groups is 1. The van der Waals surface area contributed by atoms with E-state index >= 15 is 0 Å². The van der Waals surface area contributed by atoms with E-state index in [2.05, 4.69) is 36.4 Å². The quantitative estimate of drug-likeness (QED) is 0.203. The average molecular weight is 485 g/mol. The molecule has 0 radical (unpaired) electrons. The third-order valence-electron chi connectivity index (χ3n) is 4.29. The topological polar surface area (TPSA) is 148 Å². The Morgan fingerprint density at radius 1 is 1.33 bits per heavy atom. The molecule has 0 aliphatic heterocycles. The minimum absolute atomic E-state index is 0.0940. The summed E-state index contributed by atoms with van der Waals surface area (Å²) in [5.41, 5.74) is 11.2. The number of rotatable bonds is 7. The summed E-state index contributed by atoms with van der Waals surface area (Å²) in [5, 5.41) is 15.1. The van der Waals surface area contributed by atoms with Crippen molar-refractivity contribution in [3.63, 3.8) is 0 Å². The second-order valence-corrected chi connectivity index (χ2v) is 8.96. The van der Waals surface area contributed by atoms with Crippen LogP contribution in [0.1, 0.15) is 33.6 Å². The number of aliphatic imine (C=N–C) groups is 2. The monoisotopic (exact) mass is 484 g/mol. The lowest BCUT2D eigenvalue weighted by atomic mass is 10.1. The number of amides is 1. The maximum Gasteiger partial charge on any atom is 0.407 e. The van der Waals surface area contributed by atoms with Crippen molar-refractivity contribution < 1.29 is 19.1 Å². The highest BCUT2D eigenvalue weighted by Gasteiger charge is 2.43. The van der Waals surface area contributed by atoms with Crippen molar-refractivity contribution in [3.8, 4) is 0 Å². The molecule has 11 heteroatoms. The molecule has 164 valence electrons. The fourth-order valence-electron chi connectivity index (χ4n) is 2.45. The summed E-state index contributed by atoms with van der Waals surface area (Å²) >= 11 is 3.06. The molecular formula is C19H26BrFN6O3. The number of alkyl carbamates (subject to hydrolysis) is 1. The van der Waals surface area contributed by atoms with E-state index < -0.39 is 17.5 Å². The molecule has 0 spiro atoms. The molecule has 0 saturated heterocycles. The molecular weight excluding hydrogens is 459 g/mol. The highest BCUT2D eigenvalue weighted by molar-refractivity contribution is 9.10. The third kappa shape index (κ3) is 6.97. The van der Waals surface area contributed by atoms with Gasteiger partial charge in [0.25, 0.3) is 0 Å². The lowest BCUT2D eigenvalue weighted by molar-refractivity contribution is 0.0517. The predicted molar refractivity (Wildman–Crippen MR) is 117 cm³/mol. The van der Waals surface area contributed by atoms with Crippen LogP contribution in [-0.4, -0.2) is 47.4 Å². The maximum atomic E-state index is 13.3. The summed E-state index contributed by atoms with van der Waals surface area (Å²) in [5.74, 6) is -0.711. The zero-order chi connectivity index (χ0) is 22.5. The summed E-state index contributed by atoms with van der Waals surface area (Å²) in [4.78, 5) is 20.2. The highest BCUT2D eigenvalue weighted by atomic mass is 79.9. The van der Waals surface area contributed by atoms with Gasteiger partial charge in [-0.3, -0.25) is 4.99 Å². The number of nitrogens with zero attached hydrogens (tertiary/aromatic N) is 3. The number of amidine groups is 2. The third-order valence-corrected chi connectivity index (χ3v) is 4.89. The van der Waals surface area contributed by atoms with Gasteiger partial charge in [0.2, 0.25) is 0 Å². The first-order chi connectivity index (χ1) is 13.9. The Bertz CT molecular complexity index is 891. The Morgan fingerprint density at radius 3 is 2.53 bits per heavy atom. The molecule has 0 heterocycles. The first kappa shape index (κ1) is 23.6. The molecule has 1 aromatic rings. The largest absolute Gasteiger partial charge is 0.444 e. The SMILES string of the molecule is CC(C)(C)OC(=O)NCC1(CN=C(N)/C(=N\O)C(N)=Nc2ccc(F)c(Br)c2)CC1. The van der Waals surface area contributed by atoms with E-state index in [0.717, 1.165) is 12.8 Å². The van der Waals surface area contributed by atoms with Crippen LogP contribution in [0.15, 0.2) is 37.8 Å². The number of nitrogens with one attached hydrogen (secondary N) is 1. The first-order valence-electron chi connectivity index (χ1n) is 9.23. The van der Waals surface area contributed by atoms with Crippen LogP contribution in [0.2, 0.25) is 0 Å². The van der Waals surface area contributed by atoms with E-state index in [1.807, 2.05) is 0 Å². The van der Waals surface area contributed by atoms with Crippen LogP contribution in [0.25, 0.3) is 0 Å². The molecule has 9 nitrogen and oxygen atoms in total. The number of hydrogen-bond donors (Lipinski definition) is 4. The molecule has 2 rings (SSSR count). The molecule has 6 N–H and O–H groups in total. The summed E-state index contributed by atoms with van der Waals surface area (Å²) in [6, 6.07) is 4.06. The average Bonchev–Trinajstić information content (AvgIpc) is 3.41. The van der Waals surface area contributed by atoms with Crippen LogP contribution >= 0.6 is 15.9 Å². The second-order valence-electron chi connectivity index (χ2n) is 8.10. The fraction of sp³-hybridized carbons (Fsp3) is 0.474. The van der Waals surface area contributed by atoms with E-state index in [-0.39, 0.29) is 27.3 Å². The summed E-state index contributed by atoms with van der Waals surface area (Å²) in [6.45, 7) is 6.06. The Morgan fingerprint density at radius 2 is 2.00 bits per heavy atom. The Balaban J connectivity index is 2.01. The molecule has 0 unspecified atom stereocenters. The Hall–Kier alpha value is -2.69. The number of hydrogen-bond acceptors (Lipinski definition) is 6. The van der Waals surface area contributed by atoms with Gasteiger partial charge in [-0.2, -0.15) is 0 Å². The molecule has 1 aliphatic rings. The molecule has 1 amide bonds. The fourth-order valence-corrected chi connectivity index (χ4v) is 2.82. The van der Waals surface area contributed by atoms with Gasteiger partial charge in [-0.1, -0.05) is 5.16 Å². The molecule has 0 atom stereocenters. The highest BCUT2D eigenvalue weighted by Crippen LogP contribution is 2.45. The first-order valence-corrected chi connectivity index (χ1v) is 10.0. The molecule has 1 aromatic carbocycles. The van der Waals surface area contributed by atoms with Gasteiger partial charge in [-0.05, 0) is 67.7 Å². The van der Waals surface area contributed by atoms with E-state index in [9.17, 15) is 14.4 Å².